The van der Waals surface area contributed by atoms with Gasteiger partial charge in [-0.3, -0.25) is 0 Å². The molecule has 0 fully saturated rings. The van der Waals surface area contributed by atoms with Crippen molar-refractivity contribution in [1.29, 1.82) is 0 Å². The summed E-state index contributed by atoms with van der Waals surface area (Å²) in [5.41, 5.74) is 14.6. The van der Waals surface area contributed by atoms with E-state index in [0.717, 1.165) is 11.4 Å². The Labute approximate surface area is 278 Å². The Balaban J connectivity index is 1.26. The lowest BCUT2D eigenvalue weighted by molar-refractivity contribution is 0.660. The predicted molar refractivity (Wildman–Crippen MR) is 200 cm³/mol. The van der Waals surface area contributed by atoms with Crippen LogP contribution in [-0.2, 0) is 5.41 Å². The Morgan fingerprint density at radius 1 is 0.404 bits per heavy atom. The molecule has 0 amide bonds. The molecule has 0 saturated heterocycles. The standard InChI is InChI=1S/C45H38N2/c1-31-13-10-19-35(27-31)46(36-20-11-14-32(2)28-36)37-23-25-40-41-26-24-38(30-43(41)45(3,4)42(40)29-37)47(34-17-6-5-7-18-34)44-22-12-16-33-15-8-9-21-39(33)44/h5-30H,1-4H3. The average molecular weight is 607 g/mol. The van der Waals surface area contributed by atoms with Crippen molar-refractivity contribution in [1.82, 2.24) is 0 Å². The molecule has 0 atom stereocenters. The van der Waals surface area contributed by atoms with Gasteiger partial charge in [0, 0.05) is 39.2 Å². The Kier molecular flexibility index (Phi) is 6.95. The molecule has 0 saturated carbocycles. The highest BCUT2D eigenvalue weighted by Crippen LogP contribution is 2.52. The van der Waals surface area contributed by atoms with E-state index in [4.69, 9.17) is 0 Å². The van der Waals surface area contributed by atoms with Gasteiger partial charge in [-0.2, -0.15) is 0 Å². The third kappa shape index (κ3) is 4.98. The van der Waals surface area contributed by atoms with Crippen LogP contribution in [0.4, 0.5) is 34.1 Å². The molecule has 7 aromatic rings. The second-order valence-corrected chi connectivity index (χ2v) is 13.3. The third-order valence-corrected chi connectivity index (χ3v) is 9.70. The molecule has 1 aliphatic carbocycles. The van der Waals surface area contributed by atoms with E-state index in [1.165, 1.54) is 66.9 Å². The molecule has 0 N–H and O–H groups in total. The zero-order valence-corrected chi connectivity index (χ0v) is 27.4. The SMILES string of the molecule is Cc1cccc(N(c2cccc(C)c2)c2ccc3c(c2)C(C)(C)c2cc(N(c4ccccc4)c4cccc5ccccc45)ccc2-3)c1. The van der Waals surface area contributed by atoms with E-state index in [9.17, 15) is 0 Å². The average Bonchev–Trinajstić information content (AvgIpc) is 3.31. The maximum atomic E-state index is 2.42. The van der Waals surface area contributed by atoms with Crippen molar-refractivity contribution in [2.75, 3.05) is 9.80 Å². The lowest BCUT2D eigenvalue weighted by Gasteiger charge is -2.29. The van der Waals surface area contributed by atoms with Crippen molar-refractivity contribution in [3.05, 3.63) is 180 Å². The van der Waals surface area contributed by atoms with E-state index in [-0.39, 0.29) is 5.41 Å². The number of rotatable bonds is 6. The molecule has 1 aliphatic rings. The summed E-state index contributed by atoms with van der Waals surface area (Å²) in [6.07, 6.45) is 0. The molecule has 0 radical (unpaired) electrons. The number of anilines is 6. The fourth-order valence-electron chi connectivity index (χ4n) is 7.38. The van der Waals surface area contributed by atoms with Gasteiger partial charge in [-0.15, -0.1) is 0 Å². The first-order valence-electron chi connectivity index (χ1n) is 16.4. The summed E-state index contributed by atoms with van der Waals surface area (Å²) in [6, 6.07) is 57.6. The van der Waals surface area contributed by atoms with Crippen LogP contribution in [-0.4, -0.2) is 0 Å². The molecule has 47 heavy (non-hydrogen) atoms. The van der Waals surface area contributed by atoms with Gasteiger partial charge < -0.3 is 9.80 Å². The van der Waals surface area contributed by atoms with Crippen LogP contribution in [0.15, 0.2) is 158 Å². The monoisotopic (exact) mass is 606 g/mol. The number of benzene rings is 7. The number of para-hydroxylation sites is 1. The maximum Gasteiger partial charge on any atom is 0.0540 e. The summed E-state index contributed by atoms with van der Waals surface area (Å²) >= 11 is 0. The number of hydrogen-bond acceptors (Lipinski definition) is 2. The number of nitrogens with zero attached hydrogens (tertiary/aromatic N) is 2. The highest BCUT2D eigenvalue weighted by Gasteiger charge is 2.37. The highest BCUT2D eigenvalue weighted by atomic mass is 15.1. The molecule has 0 bridgehead atoms. The fourth-order valence-corrected chi connectivity index (χ4v) is 7.38. The van der Waals surface area contributed by atoms with Crippen molar-refractivity contribution in [3.63, 3.8) is 0 Å². The second kappa shape index (κ2) is 11.3. The molecule has 7 aromatic carbocycles. The predicted octanol–water partition coefficient (Wildman–Crippen LogP) is 12.7. The van der Waals surface area contributed by atoms with E-state index in [1.54, 1.807) is 0 Å². The molecule has 228 valence electrons. The van der Waals surface area contributed by atoms with Gasteiger partial charge in [0.25, 0.3) is 0 Å². The summed E-state index contributed by atoms with van der Waals surface area (Å²) in [6.45, 7) is 9.07. The summed E-state index contributed by atoms with van der Waals surface area (Å²) in [5.74, 6) is 0. The van der Waals surface area contributed by atoms with Crippen LogP contribution in [0.1, 0.15) is 36.1 Å². The van der Waals surface area contributed by atoms with Crippen molar-refractivity contribution in [3.8, 4) is 11.1 Å². The van der Waals surface area contributed by atoms with Crippen molar-refractivity contribution >= 4 is 44.9 Å². The summed E-state index contributed by atoms with van der Waals surface area (Å²) in [4.78, 5) is 4.80. The van der Waals surface area contributed by atoms with Gasteiger partial charge in [-0.25, -0.2) is 0 Å². The van der Waals surface area contributed by atoms with E-state index < -0.39 is 0 Å². The molecule has 0 heterocycles. The first kappa shape index (κ1) is 28.8. The summed E-state index contributed by atoms with van der Waals surface area (Å²) in [5, 5.41) is 2.47. The van der Waals surface area contributed by atoms with Crippen LogP contribution < -0.4 is 9.80 Å². The van der Waals surface area contributed by atoms with Gasteiger partial charge in [0.2, 0.25) is 0 Å². The number of hydrogen-bond donors (Lipinski definition) is 0. The van der Waals surface area contributed by atoms with Gasteiger partial charge in [0.05, 0.1) is 5.69 Å². The minimum atomic E-state index is -0.192. The first-order valence-corrected chi connectivity index (χ1v) is 16.4. The third-order valence-electron chi connectivity index (χ3n) is 9.70. The Hall–Kier alpha value is -5.60. The normalized spacial score (nSPS) is 12.9. The number of fused-ring (bicyclic) bond motifs is 4. The highest BCUT2D eigenvalue weighted by molar-refractivity contribution is 5.99. The van der Waals surface area contributed by atoms with Gasteiger partial charge in [-0.05, 0) is 119 Å². The molecular formula is C45H38N2. The van der Waals surface area contributed by atoms with Gasteiger partial charge in [0.15, 0.2) is 0 Å². The lowest BCUT2D eigenvalue weighted by Crippen LogP contribution is -2.17. The van der Waals surface area contributed by atoms with E-state index in [1.807, 2.05) is 0 Å². The van der Waals surface area contributed by atoms with Gasteiger partial charge in [-0.1, -0.05) is 105 Å². The van der Waals surface area contributed by atoms with Crippen LogP contribution in [0, 0.1) is 13.8 Å². The second-order valence-electron chi connectivity index (χ2n) is 13.3. The van der Waals surface area contributed by atoms with Crippen molar-refractivity contribution in [2.45, 2.75) is 33.1 Å². The molecular weight excluding hydrogens is 569 g/mol. The van der Waals surface area contributed by atoms with Gasteiger partial charge in [0.1, 0.15) is 0 Å². The first-order chi connectivity index (χ1) is 22.9. The minimum absolute atomic E-state index is 0.192. The minimum Gasteiger partial charge on any atom is -0.310 e. The lowest BCUT2D eigenvalue weighted by atomic mass is 9.82. The molecule has 8 rings (SSSR count). The zero-order valence-electron chi connectivity index (χ0n) is 27.4. The number of aryl methyl sites for hydroxylation is 2. The van der Waals surface area contributed by atoms with Crippen LogP contribution in [0.2, 0.25) is 0 Å². The van der Waals surface area contributed by atoms with Crippen LogP contribution in [0.25, 0.3) is 21.9 Å². The van der Waals surface area contributed by atoms with Crippen molar-refractivity contribution < 1.29 is 0 Å². The molecule has 2 heteroatoms. The van der Waals surface area contributed by atoms with Crippen LogP contribution in [0.3, 0.4) is 0 Å². The largest absolute Gasteiger partial charge is 0.310 e. The molecule has 0 aliphatic heterocycles. The Bertz CT molecular complexity index is 2210. The Morgan fingerprint density at radius 2 is 0.894 bits per heavy atom. The Morgan fingerprint density at radius 3 is 1.51 bits per heavy atom. The quantitative estimate of drug-likeness (QED) is 0.186. The van der Waals surface area contributed by atoms with E-state index in [0.29, 0.717) is 0 Å². The molecule has 2 nitrogen and oxygen atoms in total. The van der Waals surface area contributed by atoms with Gasteiger partial charge >= 0.3 is 0 Å². The van der Waals surface area contributed by atoms with E-state index >= 15 is 0 Å². The zero-order chi connectivity index (χ0) is 32.1. The van der Waals surface area contributed by atoms with Crippen LogP contribution >= 0.6 is 0 Å². The molecule has 0 aromatic heterocycles. The summed E-state index contributed by atoms with van der Waals surface area (Å²) < 4.78 is 0. The summed E-state index contributed by atoms with van der Waals surface area (Å²) in [7, 11) is 0. The molecule has 0 spiro atoms. The maximum absolute atomic E-state index is 2.42. The smallest absolute Gasteiger partial charge is 0.0540 e. The van der Waals surface area contributed by atoms with Crippen molar-refractivity contribution in [2.24, 2.45) is 0 Å². The fraction of sp³-hybridized carbons (Fsp3) is 0.111. The van der Waals surface area contributed by atoms with Crippen LogP contribution in [0.5, 0.6) is 0 Å². The molecule has 0 unspecified atom stereocenters. The van der Waals surface area contributed by atoms with E-state index in [2.05, 4.69) is 195 Å². The topological polar surface area (TPSA) is 6.48 Å².